The van der Waals surface area contributed by atoms with Crippen LogP contribution < -0.4 is 10.6 Å². The maximum Gasteiger partial charge on any atom is 0.220 e. The van der Waals surface area contributed by atoms with Gasteiger partial charge < -0.3 is 15.4 Å². The molecule has 0 aromatic rings. The van der Waals surface area contributed by atoms with Gasteiger partial charge in [-0.05, 0) is 19.4 Å². The van der Waals surface area contributed by atoms with E-state index in [9.17, 15) is 4.79 Å². The molecule has 1 aliphatic heterocycles. The maximum atomic E-state index is 10.8. The van der Waals surface area contributed by atoms with Gasteiger partial charge in [0.25, 0.3) is 0 Å². The number of carbonyl (C=O) groups is 1. The van der Waals surface area contributed by atoms with Crippen LogP contribution in [0.2, 0.25) is 0 Å². The van der Waals surface area contributed by atoms with Crippen molar-refractivity contribution in [1.29, 1.82) is 0 Å². The molecule has 0 bridgehead atoms. The van der Waals surface area contributed by atoms with E-state index in [1.54, 1.807) is 7.11 Å². The van der Waals surface area contributed by atoms with Gasteiger partial charge in [0.1, 0.15) is 0 Å². The van der Waals surface area contributed by atoms with Crippen molar-refractivity contribution in [2.45, 2.75) is 25.3 Å². The predicted octanol–water partition coefficient (Wildman–Crippen LogP) is -0.109. The second kappa shape index (κ2) is 5.94. The minimum atomic E-state index is 0.176. The van der Waals surface area contributed by atoms with E-state index >= 15 is 0 Å². The summed E-state index contributed by atoms with van der Waals surface area (Å²) in [6, 6.07) is 0.453. The third kappa shape index (κ3) is 4.24. The lowest BCUT2D eigenvalue weighted by atomic mass is 10.1. The molecule has 0 aliphatic carbocycles. The fourth-order valence-electron chi connectivity index (χ4n) is 1.43. The lowest BCUT2D eigenvalue weighted by Crippen LogP contribution is -2.46. The van der Waals surface area contributed by atoms with Crippen molar-refractivity contribution in [1.82, 2.24) is 10.6 Å². The molecule has 13 heavy (non-hydrogen) atoms. The summed E-state index contributed by atoms with van der Waals surface area (Å²) in [4.78, 5) is 10.8. The van der Waals surface area contributed by atoms with Gasteiger partial charge in [0.05, 0.1) is 0 Å². The number of ether oxygens (including phenoxy) is 1. The molecular weight excluding hydrogens is 168 g/mol. The van der Waals surface area contributed by atoms with E-state index in [1.165, 1.54) is 0 Å². The summed E-state index contributed by atoms with van der Waals surface area (Å²) >= 11 is 0. The fraction of sp³-hybridized carbons (Fsp3) is 0.889. The zero-order valence-electron chi connectivity index (χ0n) is 8.14. The number of carbonyl (C=O) groups excluding carboxylic acids is 1. The van der Waals surface area contributed by atoms with E-state index in [2.05, 4.69) is 10.6 Å². The summed E-state index contributed by atoms with van der Waals surface area (Å²) in [5, 5.41) is 6.22. The normalized spacial score (nSPS) is 22.8. The Morgan fingerprint density at radius 2 is 2.54 bits per heavy atom. The van der Waals surface area contributed by atoms with E-state index in [1.807, 2.05) is 0 Å². The number of amides is 1. The van der Waals surface area contributed by atoms with Crippen LogP contribution in [0.25, 0.3) is 0 Å². The first kappa shape index (κ1) is 10.5. The number of nitrogens with one attached hydrogen (secondary N) is 2. The molecule has 0 spiro atoms. The number of methoxy groups -OCH3 is 1. The van der Waals surface area contributed by atoms with Gasteiger partial charge in [-0.1, -0.05) is 0 Å². The summed E-state index contributed by atoms with van der Waals surface area (Å²) < 4.78 is 4.94. The SMILES string of the molecule is COCCCNC1CCC(=O)NC1. The highest BCUT2D eigenvalue weighted by molar-refractivity contribution is 5.76. The first-order chi connectivity index (χ1) is 6.33. The topological polar surface area (TPSA) is 50.4 Å². The third-order valence-electron chi connectivity index (χ3n) is 2.22. The van der Waals surface area contributed by atoms with Gasteiger partial charge in [-0.25, -0.2) is 0 Å². The molecule has 0 radical (unpaired) electrons. The van der Waals surface area contributed by atoms with Gasteiger partial charge in [0.2, 0.25) is 5.91 Å². The van der Waals surface area contributed by atoms with Gasteiger partial charge in [0.15, 0.2) is 0 Å². The van der Waals surface area contributed by atoms with Crippen LogP contribution in [0, 0.1) is 0 Å². The molecular formula is C9H18N2O2. The van der Waals surface area contributed by atoms with Crippen LogP contribution in [0.5, 0.6) is 0 Å². The van der Waals surface area contributed by atoms with E-state index in [0.29, 0.717) is 12.5 Å². The molecule has 0 aromatic heterocycles. The maximum absolute atomic E-state index is 10.8. The van der Waals surface area contributed by atoms with Gasteiger partial charge in [0, 0.05) is 32.7 Å². The van der Waals surface area contributed by atoms with Crippen molar-refractivity contribution in [2.24, 2.45) is 0 Å². The number of rotatable bonds is 5. The van der Waals surface area contributed by atoms with Crippen LogP contribution in [0.3, 0.4) is 0 Å². The van der Waals surface area contributed by atoms with Crippen molar-refractivity contribution in [2.75, 3.05) is 26.8 Å². The van der Waals surface area contributed by atoms with E-state index in [4.69, 9.17) is 4.74 Å². The first-order valence-electron chi connectivity index (χ1n) is 4.82. The average Bonchev–Trinajstić information content (AvgIpc) is 2.15. The molecule has 0 aromatic carbocycles. The first-order valence-corrected chi connectivity index (χ1v) is 4.82. The lowest BCUT2D eigenvalue weighted by Gasteiger charge is -2.23. The van der Waals surface area contributed by atoms with Crippen molar-refractivity contribution < 1.29 is 9.53 Å². The summed E-state index contributed by atoms with van der Waals surface area (Å²) in [6.07, 6.45) is 2.64. The summed E-state index contributed by atoms with van der Waals surface area (Å²) in [5.41, 5.74) is 0. The Hall–Kier alpha value is -0.610. The van der Waals surface area contributed by atoms with Crippen LogP contribution in [-0.2, 0) is 9.53 Å². The monoisotopic (exact) mass is 186 g/mol. The second-order valence-corrected chi connectivity index (χ2v) is 3.34. The molecule has 1 unspecified atom stereocenters. The fourth-order valence-corrected chi connectivity index (χ4v) is 1.43. The molecule has 2 N–H and O–H groups in total. The molecule has 1 heterocycles. The molecule has 1 aliphatic rings. The molecule has 4 heteroatoms. The highest BCUT2D eigenvalue weighted by atomic mass is 16.5. The van der Waals surface area contributed by atoms with Crippen LogP contribution in [-0.4, -0.2) is 38.8 Å². The Morgan fingerprint density at radius 3 is 3.15 bits per heavy atom. The van der Waals surface area contributed by atoms with Crippen molar-refractivity contribution >= 4 is 5.91 Å². The van der Waals surface area contributed by atoms with Gasteiger partial charge in [-0.15, -0.1) is 0 Å². The van der Waals surface area contributed by atoms with Gasteiger partial charge in [-0.3, -0.25) is 4.79 Å². The van der Waals surface area contributed by atoms with Crippen LogP contribution in [0.1, 0.15) is 19.3 Å². The number of hydrogen-bond donors (Lipinski definition) is 2. The van der Waals surface area contributed by atoms with E-state index in [0.717, 1.165) is 32.5 Å². The summed E-state index contributed by atoms with van der Waals surface area (Å²) in [5.74, 6) is 0.176. The zero-order chi connectivity index (χ0) is 9.52. The van der Waals surface area contributed by atoms with Crippen LogP contribution >= 0.6 is 0 Å². The summed E-state index contributed by atoms with van der Waals surface area (Å²) in [6.45, 7) is 2.53. The highest BCUT2D eigenvalue weighted by Crippen LogP contribution is 2.02. The Morgan fingerprint density at radius 1 is 1.69 bits per heavy atom. The third-order valence-corrected chi connectivity index (χ3v) is 2.22. The van der Waals surface area contributed by atoms with E-state index in [-0.39, 0.29) is 5.91 Å². The Balaban J connectivity index is 1.99. The minimum absolute atomic E-state index is 0.176. The quantitative estimate of drug-likeness (QED) is 0.589. The Bertz CT molecular complexity index is 152. The van der Waals surface area contributed by atoms with Crippen molar-refractivity contribution in [3.05, 3.63) is 0 Å². The van der Waals surface area contributed by atoms with Gasteiger partial charge in [-0.2, -0.15) is 0 Å². The smallest absolute Gasteiger partial charge is 0.220 e. The standard InChI is InChI=1S/C9H18N2O2/c1-13-6-2-5-10-8-3-4-9(12)11-7-8/h8,10H,2-7H2,1H3,(H,11,12). The molecule has 1 fully saturated rings. The average molecular weight is 186 g/mol. The molecule has 1 saturated heterocycles. The molecule has 76 valence electrons. The van der Waals surface area contributed by atoms with Crippen LogP contribution in [0.4, 0.5) is 0 Å². The number of hydrogen-bond acceptors (Lipinski definition) is 3. The Labute approximate surface area is 79.0 Å². The van der Waals surface area contributed by atoms with Crippen molar-refractivity contribution in [3.8, 4) is 0 Å². The minimum Gasteiger partial charge on any atom is -0.385 e. The largest absolute Gasteiger partial charge is 0.385 e. The molecule has 1 amide bonds. The predicted molar refractivity (Wildman–Crippen MR) is 50.5 cm³/mol. The zero-order valence-corrected chi connectivity index (χ0v) is 8.14. The van der Waals surface area contributed by atoms with Gasteiger partial charge >= 0.3 is 0 Å². The van der Waals surface area contributed by atoms with Crippen molar-refractivity contribution in [3.63, 3.8) is 0 Å². The highest BCUT2D eigenvalue weighted by Gasteiger charge is 2.16. The molecule has 1 atom stereocenters. The molecule has 1 rings (SSSR count). The molecule has 4 nitrogen and oxygen atoms in total. The van der Waals surface area contributed by atoms with Crippen LogP contribution in [0.15, 0.2) is 0 Å². The summed E-state index contributed by atoms with van der Waals surface area (Å²) in [7, 11) is 1.71. The van der Waals surface area contributed by atoms with E-state index < -0.39 is 0 Å². The number of piperidine rings is 1. The second-order valence-electron chi connectivity index (χ2n) is 3.34. The Kier molecular flexibility index (Phi) is 4.78. The lowest BCUT2D eigenvalue weighted by molar-refractivity contribution is -0.122. The molecule has 0 saturated carbocycles.